The number of benzene rings is 9. The SMILES string of the molecule is C=Cc1ccc(N(c2ccc(-c3ccc(N(c4ccc(CC)cc4)c4ccc5c(c4)c4c(n5-c5ccccc5)CC#CC/C=C\4)cc3)cc2)c2ccc3c(c2)c2ccccc2n3-c2ccccc2)cc1. The van der Waals surface area contributed by atoms with E-state index >= 15 is 0 Å². The van der Waals surface area contributed by atoms with E-state index in [9.17, 15) is 0 Å². The number of fused-ring (bicyclic) bond motifs is 6. The third-order valence-electron chi connectivity index (χ3n) is 13.8. The van der Waals surface area contributed by atoms with Crippen molar-refractivity contribution in [3.63, 3.8) is 0 Å². The van der Waals surface area contributed by atoms with E-state index in [1.165, 1.54) is 49.5 Å². The summed E-state index contributed by atoms with van der Waals surface area (Å²) in [6.07, 6.45) is 8.80. The number of para-hydroxylation sites is 3. The highest BCUT2D eigenvalue weighted by molar-refractivity contribution is 6.10. The summed E-state index contributed by atoms with van der Waals surface area (Å²) in [6, 6.07) is 79.4. The molecular formula is C66H50N4. The van der Waals surface area contributed by atoms with Crippen LogP contribution in [0.15, 0.2) is 231 Å². The fourth-order valence-electron chi connectivity index (χ4n) is 10.3. The lowest BCUT2D eigenvalue weighted by Crippen LogP contribution is -2.10. The van der Waals surface area contributed by atoms with Crippen molar-refractivity contribution in [2.45, 2.75) is 26.2 Å². The van der Waals surface area contributed by atoms with Gasteiger partial charge in [0.05, 0.1) is 23.0 Å². The second-order valence-electron chi connectivity index (χ2n) is 17.8. The van der Waals surface area contributed by atoms with Crippen LogP contribution >= 0.6 is 0 Å². The summed E-state index contributed by atoms with van der Waals surface area (Å²) in [5.74, 6) is 6.76. The van der Waals surface area contributed by atoms with Crippen LogP contribution in [0.2, 0.25) is 0 Å². The first-order chi connectivity index (χ1) is 34.6. The fourth-order valence-corrected chi connectivity index (χ4v) is 10.3. The number of hydrogen-bond acceptors (Lipinski definition) is 2. The number of hydrogen-bond donors (Lipinski definition) is 0. The highest BCUT2D eigenvalue weighted by atomic mass is 15.1. The lowest BCUT2D eigenvalue weighted by molar-refractivity contribution is 1.01. The van der Waals surface area contributed by atoms with Crippen molar-refractivity contribution in [2.75, 3.05) is 9.80 Å². The molecule has 4 nitrogen and oxygen atoms in total. The van der Waals surface area contributed by atoms with Gasteiger partial charge in [-0.25, -0.2) is 0 Å². The molecule has 2 heterocycles. The minimum absolute atomic E-state index is 0.696. The Morgan fingerprint density at radius 1 is 0.471 bits per heavy atom. The third kappa shape index (κ3) is 7.65. The maximum Gasteiger partial charge on any atom is 0.0542 e. The first-order valence-corrected chi connectivity index (χ1v) is 24.2. The van der Waals surface area contributed by atoms with Crippen LogP contribution in [-0.4, -0.2) is 9.13 Å². The van der Waals surface area contributed by atoms with Crippen LogP contribution in [0.1, 0.15) is 35.7 Å². The normalized spacial score (nSPS) is 12.5. The van der Waals surface area contributed by atoms with Gasteiger partial charge in [0.1, 0.15) is 0 Å². The largest absolute Gasteiger partial charge is 0.312 e. The van der Waals surface area contributed by atoms with Gasteiger partial charge < -0.3 is 18.9 Å². The number of allylic oxidation sites excluding steroid dienone is 1. The van der Waals surface area contributed by atoms with Crippen LogP contribution in [0, 0.1) is 11.8 Å². The van der Waals surface area contributed by atoms with Gasteiger partial charge in [0.15, 0.2) is 0 Å². The van der Waals surface area contributed by atoms with E-state index in [1.54, 1.807) is 0 Å². The average molecular weight is 899 g/mol. The molecule has 70 heavy (non-hydrogen) atoms. The smallest absolute Gasteiger partial charge is 0.0542 e. The van der Waals surface area contributed by atoms with Gasteiger partial charge in [0, 0.05) is 79.3 Å². The molecule has 0 amide bonds. The van der Waals surface area contributed by atoms with Gasteiger partial charge in [-0.05, 0) is 144 Å². The lowest BCUT2D eigenvalue weighted by atomic mass is 10.0. The Hall–Kier alpha value is -9.04. The summed E-state index contributed by atoms with van der Waals surface area (Å²) in [7, 11) is 0. The minimum Gasteiger partial charge on any atom is -0.312 e. The molecule has 0 aliphatic heterocycles. The molecule has 0 spiro atoms. The number of anilines is 6. The summed E-state index contributed by atoms with van der Waals surface area (Å²) in [6.45, 7) is 6.23. The Morgan fingerprint density at radius 3 is 1.54 bits per heavy atom. The minimum atomic E-state index is 0.696. The van der Waals surface area contributed by atoms with Crippen molar-refractivity contribution >= 4 is 79.0 Å². The molecule has 4 heteroatoms. The van der Waals surface area contributed by atoms with Crippen LogP contribution in [0.4, 0.5) is 34.1 Å². The summed E-state index contributed by atoms with van der Waals surface area (Å²) in [4.78, 5) is 4.73. The molecule has 0 N–H and O–H groups in total. The van der Waals surface area contributed by atoms with E-state index in [2.05, 4.69) is 275 Å². The fraction of sp³-hybridized carbons (Fsp3) is 0.0606. The Bertz CT molecular complexity index is 3790. The Labute approximate surface area is 409 Å². The number of rotatable bonds is 11. The first kappa shape index (κ1) is 42.3. The maximum atomic E-state index is 4.02. The van der Waals surface area contributed by atoms with Crippen LogP contribution in [-0.2, 0) is 12.8 Å². The van der Waals surface area contributed by atoms with Crippen LogP contribution < -0.4 is 9.80 Å². The van der Waals surface area contributed by atoms with Crippen molar-refractivity contribution < 1.29 is 0 Å². The van der Waals surface area contributed by atoms with Crippen molar-refractivity contribution in [1.82, 2.24) is 9.13 Å². The summed E-state index contributed by atoms with van der Waals surface area (Å²) in [5, 5.41) is 3.65. The van der Waals surface area contributed by atoms with E-state index in [-0.39, 0.29) is 0 Å². The van der Waals surface area contributed by atoms with Crippen molar-refractivity contribution in [1.29, 1.82) is 0 Å². The predicted molar refractivity (Wildman–Crippen MR) is 297 cm³/mol. The quantitative estimate of drug-likeness (QED) is 0.120. The molecular weight excluding hydrogens is 849 g/mol. The molecule has 12 rings (SSSR count). The molecule has 11 aromatic rings. The number of nitrogens with zero attached hydrogens (tertiary/aromatic N) is 4. The second-order valence-corrected chi connectivity index (χ2v) is 17.8. The van der Waals surface area contributed by atoms with Gasteiger partial charge in [0.2, 0.25) is 0 Å². The van der Waals surface area contributed by atoms with Crippen LogP contribution in [0.25, 0.3) is 67.4 Å². The van der Waals surface area contributed by atoms with E-state index in [1.807, 2.05) is 6.08 Å². The molecule has 0 atom stereocenters. The van der Waals surface area contributed by atoms with Crippen molar-refractivity contribution in [2.24, 2.45) is 0 Å². The van der Waals surface area contributed by atoms with Gasteiger partial charge in [-0.1, -0.05) is 147 Å². The molecule has 0 unspecified atom stereocenters. The van der Waals surface area contributed by atoms with E-state index < -0.39 is 0 Å². The van der Waals surface area contributed by atoms with E-state index in [0.29, 0.717) is 6.42 Å². The number of aryl methyl sites for hydroxylation is 1. The molecule has 1 aliphatic carbocycles. The lowest BCUT2D eigenvalue weighted by Gasteiger charge is -2.27. The van der Waals surface area contributed by atoms with Gasteiger partial charge in [0.25, 0.3) is 0 Å². The topological polar surface area (TPSA) is 16.3 Å². The molecule has 0 bridgehead atoms. The highest BCUT2D eigenvalue weighted by Crippen LogP contribution is 2.43. The van der Waals surface area contributed by atoms with E-state index in [0.717, 1.165) is 75.0 Å². The summed E-state index contributed by atoms with van der Waals surface area (Å²) < 4.78 is 4.75. The molecule has 2 aromatic heterocycles. The zero-order valence-corrected chi connectivity index (χ0v) is 39.1. The zero-order valence-electron chi connectivity index (χ0n) is 39.1. The van der Waals surface area contributed by atoms with Gasteiger partial charge in [-0.15, -0.1) is 0 Å². The molecule has 1 aliphatic rings. The zero-order chi connectivity index (χ0) is 47.0. The molecule has 0 saturated carbocycles. The molecule has 9 aromatic carbocycles. The van der Waals surface area contributed by atoms with E-state index in [4.69, 9.17) is 0 Å². The Balaban J connectivity index is 0.917. The second kappa shape index (κ2) is 18.2. The van der Waals surface area contributed by atoms with Crippen molar-refractivity contribution in [3.8, 4) is 34.3 Å². The van der Waals surface area contributed by atoms with Crippen LogP contribution in [0.3, 0.4) is 0 Å². The number of aromatic nitrogens is 2. The third-order valence-corrected chi connectivity index (χ3v) is 13.8. The summed E-state index contributed by atoms with van der Waals surface area (Å²) >= 11 is 0. The van der Waals surface area contributed by atoms with Gasteiger partial charge in [-0.2, -0.15) is 0 Å². The Kier molecular flexibility index (Phi) is 11.0. The Morgan fingerprint density at radius 2 is 0.957 bits per heavy atom. The predicted octanol–water partition coefficient (Wildman–Crippen LogP) is 17.5. The van der Waals surface area contributed by atoms with Crippen LogP contribution in [0.5, 0.6) is 0 Å². The van der Waals surface area contributed by atoms with Gasteiger partial charge in [-0.3, -0.25) is 0 Å². The molecule has 0 radical (unpaired) electrons. The molecule has 0 saturated heterocycles. The summed E-state index contributed by atoms with van der Waals surface area (Å²) in [5.41, 5.74) is 19.5. The molecule has 334 valence electrons. The maximum absolute atomic E-state index is 4.02. The molecule has 0 fully saturated rings. The van der Waals surface area contributed by atoms with Gasteiger partial charge >= 0.3 is 0 Å². The highest BCUT2D eigenvalue weighted by Gasteiger charge is 2.22. The average Bonchev–Trinajstić information content (AvgIpc) is 3.90. The standard InChI is InChI=1S/C66H50N4/c1-3-47-25-33-53(34-26-47)67(57-41-43-65-61(45-57)59-21-13-5-6-14-23-63(59)69(65)51-17-9-7-10-18-51)55-37-29-49(30-38-55)50-31-39-56(40-32-50)68(54-35-27-48(4-2)28-36-54)58-42-44-66-62(46-58)60-22-15-16-24-64(60)70(66)52-19-11-8-12-20-52/h4,7-13,15-22,24-46H,2-3,5,23H2,1H3/b21-13-. The van der Waals surface area contributed by atoms with Crippen molar-refractivity contribution in [3.05, 3.63) is 253 Å². The monoisotopic (exact) mass is 898 g/mol. The first-order valence-electron chi connectivity index (χ1n) is 24.2.